The average molecular weight is 249 g/mol. The standard InChI is InChI=1S/C14H16FNO2/c15-13-4-2-1-3-11(13)5-8-14(18)16(9-10-17)12-6-7-12/h1-5,8,12,17H,6-7,9-10H2/b8-5+. The van der Waals surface area contributed by atoms with E-state index in [0.717, 1.165) is 12.8 Å². The minimum Gasteiger partial charge on any atom is -0.395 e. The first-order chi connectivity index (χ1) is 8.72. The Morgan fingerprint density at radius 1 is 1.44 bits per heavy atom. The van der Waals surface area contributed by atoms with E-state index < -0.39 is 0 Å². The Kier molecular flexibility index (Phi) is 4.10. The maximum absolute atomic E-state index is 13.3. The number of amides is 1. The lowest BCUT2D eigenvalue weighted by Crippen LogP contribution is -2.34. The smallest absolute Gasteiger partial charge is 0.246 e. The lowest BCUT2D eigenvalue weighted by molar-refractivity contribution is -0.127. The van der Waals surface area contributed by atoms with Gasteiger partial charge in [-0.1, -0.05) is 18.2 Å². The van der Waals surface area contributed by atoms with Gasteiger partial charge in [0.1, 0.15) is 5.82 Å². The van der Waals surface area contributed by atoms with Gasteiger partial charge in [0.15, 0.2) is 0 Å². The van der Waals surface area contributed by atoms with Crippen LogP contribution < -0.4 is 0 Å². The monoisotopic (exact) mass is 249 g/mol. The number of hydrogen-bond acceptors (Lipinski definition) is 2. The van der Waals surface area contributed by atoms with E-state index in [4.69, 9.17) is 5.11 Å². The Hall–Kier alpha value is -1.68. The number of aliphatic hydroxyl groups is 1. The van der Waals surface area contributed by atoms with Crippen molar-refractivity contribution < 1.29 is 14.3 Å². The summed E-state index contributed by atoms with van der Waals surface area (Å²) in [6, 6.07) is 6.55. The van der Waals surface area contributed by atoms with Crippen molar-refractivity contribution in [3.63, 3.8) is 0 Å². The highest BCUT2D eigenvalue weighted by Gasteiger charge is 2.30. The van der Waals surface area contributed by atoms with Crippen LogP contribution in [0.5, 0.6) is 0 Å². The second-order valence-electron chi connectivity index (χ2n) is 4.34. The number of halogens is 1. The molecule has 1 fully saturated rings. The molecule has 0 unspecified atom stereocenters. The van der Waals surface area contributed by atoms with Gasteiger partial charge in [0.25, 0.3) is 0 Å². The molecule has 0 aromatic heterocycles. The molecule has 0 heterocycles. The molecule has 0 radical (unpaired) electrons. The molecule has 1 amide bonds. The third-order valence-electron chi connectivity index (χ3n) is 2.92. The van der Waals surface area contributed by atoms with Gasteiger partial charge in [-0.3, -0.25) is 4.79 Å². The van der Waals surface area contributed by atoms with E-state index in [1.807, 2.05) is 0 Å². The van der Waals surface area contributed by atoms with Gasteiger partial charge in [-0.2, -0.15) is 0 Å². The zero-order valence-corrected chi connectivity index (χ0v) is 10.1. The lowest BCUT2D eigenvalue weighted by atomic mass is 10.2. The Morgan fingerprint density at radius 3 is 2.78 bits per heavy atom. The molecular formula is C14H16FNO2. The minimum atomic E-state index is -0.346. The molecule has 0 spiro atoms. The Bertz CT molecular complexity index is 455. The highest BCUT2D eigenvalue weighted by atomic mass is 19.1. The minimum absolute atomic E-state index is 0.0459. The van der Waals surface area contributed by atoms with Crippen LogP contribution in [0, 0.1) is 5.82 Å². The van der Waals surface area contributed by atoms with Gasteiger partial charge >= 0.3 is 0 Å². The first-order valence-electron chi connectivity index (χ1n) is 6.06. The van der Waals surface area contributed by atoms with E-state index in [-0.39, 0.29) is 24.4 Å². The van der Waals surface area contributed by atoms with Crippen molar-refractivity contribution >= 4 is 12.0 Å². The van der Waals surface area contributed by atoms with E-state index in [2.05, 4.69) is 0 Å². The lowest BCUT2D eigenvalue weighted by Gasteiger charge is -2.19. The second-order valence-corrected chi connectivity index (χ2v) is 4.34. The average Bonchev–Trinajstić information content (AvgIpc) is 3.19. The Balaban J connectivity index is 2.03. The number of benzene rings is 1. The number of carbonyl (C=O) groups is 1. The molecule has 96 valence electrons. The fraction of sp³-hybridized carbons (Fsp3) is 0.357. The van der Waals surface area contributed by atoms with Gasteiger partial charge in [0.05, 0.1) is 6.61 Å². The first-order valence-corrected chi connectivity index (χ1v) is 6.06. The van der Waals surface area contributed by atoms with Crippen LogP contribution in [-0.4, -0.2) is 35.1 Å². The summed E-state index contributed by atoms with van der Waals surface area (Å²) in [5.74, 6) is -0.517. The topological polar surface area (TPSA) is 40.5 Å². The van der Waals surface area contributed by atoms with Crippen molar-refractivity contribution in [1.29, 1.82) is 0 Å². The van der Waals surface area contributed by atoms with Crippen molar-refractivity contribution in [2.45, 2.75) is 18.9 Å². The molecule has 1 aromatic rings. The van der Waals surface area contributed by atoms with E-state index in [0.29, 0.717) is 12.1 Å². The first kappa shape index (κ1) is 12.8. The SMILES string of the molecule is O=C(/C=C/c1ccccc1F)N(CCO)C1CC1. The van der Waals surface area contributed by atoms with Crippen molar-refractivity contribution in [2.75, 3.05) is 13.2 Å². The highest BCUT2D eigenvalue weighted by molar-refractivity contribution is 5.92. The van der Waals surface area contributed by atoms with Crippen LogP contribution >= 0.6 is 0 Å². The molecule has 0 saturated heterocycles. The molecule has 18 heavy (non-hydrogen) atoms. The van der Waals surface area contributed by atoms with Crippen LogP contribution in [0.25, 0.3) is 6.08 Å². The van der Waals surface area contributed by atoms with Crippen LogP contribution in [0.1, 0.15) is 18.4 Å². The summed E-state index contributed by atoms with van der Waals surface area (Å²) >= 11 is 0. The highest BCUT2D eigenvalue weighted by Crippen LogP contribution is 2.26. The Morgan fingerprint density at radius 2 is 2.17 bits per heavy atom. The fourth-order valence-electron chi connectivity index (χ4n) is 1.83. The molecular weight excluding hydrogens is 233 g/mol. The predicted molar refractivity (Wildman–Crippen MR) is 67.3 cm³/mol. The van der Waals surface area contributed by atoms with Crippen LogP contribution in [0.3, 0.4) is 0 Å². The summed E-state index contributed by atoms with van der Waals surface area (Å²) in [6.45, 7) is 0.293. The summed E-state index contributed by atoms with van der Waals surface area (Å²) in [7, 11) is 0. The number of rotatable bonds is 5. The predicted octanol–water partition coefficient (Wildman–Crippen LogP) is 1.82. The van der Waals surface area contributed by atoms with Gasteiger partial charge in [0, 0.05) is 24.2 Å². The van der Waals surface area contributed by atoms with E-state index in [1.165, 1.54) is 18.2 Å². The van der Waals surface area contributed by atoms with Gasteiger partial charge in [-0.15, -0.1) is 0 Å². The maximum atomic E-state index is 13.3. The number of hydrogen-bond donors (Lipinski definition) is 1. The molecule has 4 heteroatoms. The quantitative estimate of drug-likeness (QED) is 0.809. The second kappa shape index (κ2) is 5.78. The zero-order chi connectivity index (χ0) is 13.0. The third kappa shape index (κ3) is 3.17. The van der Waals surface area contributed by atoms with Gasteiger partial charge in [-0.05, 0) is 25.0 Å². The number of aliphatic hydroxyl groups excluding tert-OH is 1. The van der Waals surface area contributed by atoms with E-state index >= 15 is 0 Å². The normalized spacial score (nSPS) is 15.0. The van der Waals surface area contributed by atoms with Crippen molar-refractivity contribution in [3.05, 3.63) is 41.7 Å². The van der Waals surface area contributed by atoms with E-state index in [9.17, 15) is 9.18 Å². The molecule has 2 rings (SSSR count). The van der Waals surface area contributed by atoms with E-state index in [1.54, 1.807) is 23.1 Å². The van der Waals surface area contributed by atoms with Crippen molar-refractivity contribution in [1.82, 2.24) is 4.90 Å². The number of nitrogens with zero attached hydrogens (tertiary/aromatic N) is 1. The summed E-state index contributed by atoms with van der Waals surface area (Å²) < 4.78 is 13.3. The molecule has 3 nitrogen and oxygen atoms in total. The van der Waals surface area contributed by atoms with Crippen LogP contribution in [0.2, 0.25) is 0 Å². The summed E-state index contributed by atoms with van der Waals surface area (Å²) in [5, 5.41) is 8.91. The summed E-state index contributed by atoms with van der Waals surface area (Å²) in [5.41, 5.74) is 0.394. The molecule has 0 bridgehead atoms. The maximum Gasteiger partial charge on any atom is 0.246 e. The molecule has 1 aliphatic rings. The third-order valence-corrected chi connectivity index (χ3v) is 2.92. The summed E-state index contributed by atoms with van der Waals surface area (Å²) in [6.07, 6.45) is 4.81. The van der Waals surface area contributed by atoms with Crippen molar-refractivity contribution in [2.24, 2.45) is 0 Å². The Labute approximate surface area is 106 Å². The molecule has 1 aromatic carbocycles. The van der Waals surface area contributed by atoms with Crippen molar-refractivity contribution in [3.8, 4) is 0 Å². The van der Waals surface area contributed by atoms with Crippen LogP contribution in [-0.2, 0) is 4.79 Å². The van der Waals surface area contributed by atoms with Crippen LogP contribution in [0.15, 0.2) is 30.3 Å². The molecule has 1 aliphatic carbocycles. The number of carbonyl (C=O) groups excluding carboxylic acids is 1. The van der Waals surface area contributed by atoms with Crippen LogP contribution in [0.4, 0.5) is 4.39 Å². The molecule has 1 saturated carbocycles. The molecule has 0 atom stereocenters. The molecule has 1 N–H and O–H groups in total. The fourth-order valence-corrected chi connectivity index (χ4v) is 1.83. The van der Waals surface area contributed by atoms with Gasteiger partial charge in [-0.25, -0.2) is 4.39 Å². The summed E-state index contributed by atoms with van der Waals surface area (Å²) in [4.78, 5) is 13.5. The zero-order valence-electron chi connectivity index (χ0n) is 10.1. The van der Waals surface area contributed by atoms with Gasteiger partial charge in [0.2, 0.25) is 5.91 Å². The largest absolute Gasteiger partial charge is 0.395 e. The van der Waals surface area contributed by atoms with Gasteiger partial charge < -0.3 is 10.0 Å². The molecule has 0 aliphatic heterocycles.